The van der Waals surface area contributed by atoms with E-state index < -0.39 is 0 Å². The third-order valence-electron chi connectivity index (χ3n) is 5.03. The van der Waals surface area contributed by atoms with Gasteiger partial charge in [-0.05, 0) is 42.8 Å². The third kappa shape index (κ3) is 3.67. The molecule has 0 atom stereocenters. The van der Waals surface area contributed by atoms with Gasteiger partial charge in [0.25, 0.3) is 0 Å². The summed E-state index contributed by atoms with van der Waals surface area (Å²) in [4.78, 5) is 4.58. The van der Waals surface area contributed by atoms with Gasteiger partial charge in [-0.2, -0.15) is 5.26 Å². The zero-order valence-electron chi connectivity index (χ0n) is 18.3. The van der Waals surface area contributed by atoms with Crippen LogP contribution in [0.5, 0.6) is 23.1 Å². The number of methoxy groups -OCH3 is 3. The van der Waals surface area contributed by atoms with E-state index in [1.807, 2.05) is 37.3 Å². The quantitative estimate of drug-likeness (QED) is 0.385. The van der Waals surface area contributed by atoms with Gasteiger partial charge in [-0.25, -0.2) is 4.98 Å². The Kier molecular flexibility index (Phi) is 5.86. The summed E-state index contributed by atoms with van der Waals surface area (Å²) in [6.45, 7) is 2.20. The van der Waals surface area contributed by atoms with Crippen molar-refractivity contribution >= 4 is 11.0 Å². The van der Waals surface area contributed by atoms with Crippen LogP contribution in [-0.2, 0) is 0 Å². The second-order valence-corrected chi connectivity index (χ2v) is 6.84. The van der Waals surface area contributed by atoms with Crippen LogP contribution < -0.4 is 18.9 Å². The van der Waals surface area contributed by atoms with Gasteiger partial charge in [-0.1, -0.05) is 18.2 Å². The van der Waals surface area contributed by atoms with Gasteiger partial charge in [0.2, 0.25) is 11.6 Å². The van der Waals surface area contributed by atoms with Gasteiger partial charge in [0.05, 0.1) is 27.9 Å². The normalized spacial score (nSPS) is 10.6. The smallest absolute Gasteiger partial charge is 0.232 e. The molecule has 4 aromatic rings. The van der Waals surface area contributed by atoms with Crippen LogP contribution in [0.3, 0.4) is 0 Å². The van der Waals surface area contributed by atoms with Crippen molar-refractivity contribution in [3.8, 4) is 51.8 Å². The number of ether oxygens (including phenoxy) is 4. The molecule has 0 unspecified atom stereocenters. The van der Waals surface area contributed by atoms with Crippen molar-refractivity contribution in [1.29, 1.82) is 5.26 Å². The highest BCUT2D eigenvalue weighted by Gasteiger charge is 2.21. The molecule has 0 fully saturated rings. The summed E-state index contributed by atoms with van der Waals surface area (Å²) in [7, 11) is 4.63. The van der Waals surface area contributed by atoms with E-state index in [2.05, 4.69) is 11.1 Å². The molecule has 0 radical (unpaired) electrons. The molecule has 0 spiro atoms. The van der Waals surface area contributed by atoms with Crippen molar-refractivity contribution in [2.24, 2.45) is 0 Å². The van der Waals surface area contributed by atoms with Gasteiger partial charge in [0.15, 0.2) is 17.3 Å². The molecular weight excluding hydrogens is 408 g/mol. The molecule has 32 heavy (non-hydrogen) atoms. The van der Waals surface area contributed by atoms with Gasteiger partial charge in [0, 0.05) is 10.9 Å². The fourth-order valence-electron chi connectivity index (χ4n) is 3.57. The first-order valence-corrected chi connectivity index (χ1v) is 10.0. The Morgan fingerprint density at radius 1 is 0.969 bits per heavy atom. The first kappa shape index (κ1) is 21.1. The summed E-state index contributed by atoms with van der Waals surface area (Å²) in [5.41, 5.74) is 2.91. The van der Waals surface area contributed by atoms with E-state index in [0.29, 0.717) is 52.0 Å². The van der Waals surface area contributed by atoms with Crippen molar-refractivity contribution in [3.63, 3.8) is 0 Å². The monoisotopic (exact) mass is 430 g/mol. The molecule has 162 valence electrons. The van der Waals surface area contributed by atoms with Crippen molar-refractivity contribution in [1.82, 2.24) is 4.98 Å². The molecule has 0 aliphatic heterocycles. The van der Waals surface area contributed by atoms with Crippen LogP contribution in [0.2, 0.25) is 0 Å². The van der Waals surface area contributed by atoms with E-state index in [0.717, 1.165) is 11.0 Å². The molecule has 2 heterocycles. The van der Waals surface area contributed by atoms with E-state index in [9.17, 15) is 5.26 Å². The van der Waals surface area contributed by atoms with E-state index in [4.69, 9.17) is 23.4 Å². The minimum absolute atomic E-state index is 0.233. The highest BCUT2D eigenvalue weighted by Crippen LogP contribution is 2.43. The summed E-state index contributed by atoms with van der Waals surface area (Å²) in [6.07, 6.45) is 0. The number of hydrogen-bond acceptors (Lipinski definition) is 7. The highest BCUT2D eigenvalue weighted by molar-refractivity contribution is 5.84. The highest BCUT2D eigenvalue weighted by atomic mass is 16.5. The second-order valence-electron chi connectivity index (χ2n) is 6.84. The zero-order valence-corrected chi connectivity index (χ0v) is 18.3. The van der Waals surface area contributed by atoms with Crippen LogP contribution in [0.1, 0.15) is 12.5 Å². The lowest BCUT2D eigenvalue weighted by molar-refractivity contribution is 0.324. The maximum atomic E-state index is 9.94. The minimum atomic E-state index is 0.233. The molecule has 0 bridgehead atoms. The van der Waals surface area contributed by atoms with Crippen LogP contribution in [-0.4, -0.2) is 32.9 Å². The van der Waals surface area contributed by atoms with E-state index in [1.165, 1.54) is 0 Å². The molecule has 0 aliphatic rings. The SMILES string of the molecule is CCOc1nc(-c2cc3ccccc3o2)cc(-c2cc(OC)c(OC)c(OC)c2)c1C#N. The predicted molar refractivity (Wildman–Crippen MR) is 120 cm³/mol. The molecule has 2 aromatic heterocycles. The Morgan fingerprint density at radius 2 is 1.69 bits per heavy atom. The molecule has 7 heteroatoms. The van der Waals surface area contributed by atoms with Gasteiger partial charge >= 0.3 is 0 Å². The molecule has 2 aromatic carbocycles. The van der Waals surface area contributed by atoms with Crippen molar-refractivity contribution in [2.45, 2.75) is 6.92 Å². The number of aromatic nitrogens is 1. The van der Waals surface area contributed by atoms with Crippen molar-refractivity contribution < 1.29 is 23.4 Å². The Hall–Kier alpha value is -4.18. The van der Waals surface area contributed by atoms with Crippen LogP contribution in [0.15, 0.2) is 52.9 Å². The number of para-hydroxylation sites is 1. The summed E-state index contributed by atoms with van der Waals surface area (Å²) < 4.78 is 28.1. The molecule has 4 rings (SSSR count). The summed E-state index contributed by atoms with van der Waals surface area (Å²) in [6, 6.07) is 17.2. The van der Waals surface area contributed by atoms with Crippen molar-refractivity contribution in [2.75, 3.05) is 27.9 Å². The zero-order chi connectivity index (χ0) is 22.7. The van der Waals surface area contributed by atoms with Crippen LogP contribution >= 0.6 is 0 Å². The first-order valence-electron chi connectivity index (χ1n) is 10.0. The Balaban J connectivity index is 1.98. The number of furan rings is 1. The minimum Gasteiger partial charge on any atom is -0.493 e. The van der Waals surface area contributed by atoms with Gasteiger partial charge < -0.3 is 23.4 Å². The maximum Gasteiger partial charge on any atom is 0.232 e. The number of benzene rings is 2. The molecule has 0 aliphatic carbocycles. The molecule has 0 N–H and O–H groups in total. The largest absolute Gasteiger partial charge is 0.493 e. The number of rotatable bonds is 7. The topological polar surface area (TPSA) is 86.7 Å². The van der Waals surface area contributed by atoms with E-state index >= 15 is 0 Å². The van der Waals surface area contributed by atoms with Gasteiger partial charge in [0.1, 0.15) is 22.9 Å². The fourth-order valence-corrected chi connectivity index (χ4v) is 3.57. The molecule has 0 saturated carbocycles. The number of pyridine rings is 1. The average molecular weight is 430 g/mol. The Morgan fingerprint density at radius 3 is 2.28 bits per heavy atom. The van der Waals surface area contributed by atoms with E-state index in [-0.39, 0.29) is 5.88 Å². The lowest BCUT2D eigenvalue weighted by Crippen LogP contribution is -2.02. The molecule has 0 amide bonds. The average Bonchev–Trinajstić information content (AvgIpc) is 3.27. The predicted octanol–water partition coefficient (Wildman–Crippen LogP) is 5.46. The Bertz CT molecular complexity index is 1260. The van der Waals surface area contributed by atoms with Gasteiger partial charge in [-0.15, -0.1) is 0 Å². The summed E-state index contributed by atoms with van der Waals surface area (Å²) in [5.74, 6) is 2.23. The van der Waals surface area contributed by atoms with E-state index in [1.54, 1.807) is 39.5 Å². The molecule has 0 saturated heterocycles. The second kappa shape index (κ2) is 8.90. The number of nitriles is 1. The lowest BCUT2D eigenvalue weighted by Gasteiger charge is -2.16. The summed E-state index contributed by atoms with van der Waals surface area (Å²) in [5, 5.41) is 10.9. The van der Waals surface area contributed by atoms with Gasteiger partial charge in [-0.3, -0.25) is 0 Å². The first-order chi connectivity index (χ1) is 15.6. The van der Waals surface area contributed by atoms with Crippen LogP contribution in [0, 0.1) is 11.3 Å². The van der Waals surface area contributed by atoms with Crippen LogP contribution in [0.4, 0.5) is 0 Å². The maximum absolute atomic E-state index is 9.94. The van der Waals surface area contributed by atoms with Crippen molar-refractivity contribution in [3.05, 3.63) is 54.1 Å². The number of hydrogen-bond donors (Lipinski definition) is 0. The molecular formula is C25H22N2O5. The van der Waals surface area contributed by atoms with Crippen LogP contribution in [0.25, 0.3) is 33.6 Å². The third-order valence-corrected chi connectivity index (χ3v) is 5.03. The molecule has 7 nitrogen and oxygen atoms in total. The fraction of sp³-hybridized carbons (Fsp3) is 0.200. The Labute approximate surface area is 185 Å². The number of nitrogens with zero attached hydrogens (tertiary/aromatic N) is 2. The lowest BCUT2D eigenvalue weighted by atomic mass is 9.99. The number of fused-ring (bicyclic) bond motifs is 1. The summed E-state index contributed by atoms with van der Waals surface area (Å²) >= 11 is 0. The standard InChI is InChI=1S/C25H22N2O5/c1-5-31-25-18(14-26)17(16-11-22(28-2)24(30-4)23(12-16)29-3)13-19(27-25)21-10-15-8-6-7-9-20(15)32-21/h6-13H,5H2,1-4H3.